The molecule has 0 saturated heterocycles. The van der Waals surface area contributed by atoms with Crippen LogP contribution in [0.1, 0.15) is 37.5 Å². The van der Waals surface area contributed by atoms with E-state index in [4.69, 9.17) is 16.3 Å². The van der Waals surface area contributed by atoms with Crippen molar-refractivity contribution in [1.82, 2.24) is 19.5 Å². The van der Waals surface area contributed by atoms with Gasteiger partial charge in [0.05, 0.1) is 22.4 Å². The zero-order chi connectivity index (χ0) is 43.3. The number of aryl methyl sites for hydroxylation is 2. The van der Waals surface area contributed by atoms with Crippen molar-refractivity contribution < 1.29 is 31.4 Å². The average Bonchev–Trinajstić information content (AvgIpc) is 3.82. The van der Waals surface area contributed by atoms with Crippen molar-refractivity contribution in [2.45, 2.75) is 51.3 Å². The zero-order valence-corrected chi connectivity index (χ0v) is 37.3. The number of hydrogen-bond donors (Lipinski definition) is 0. The number of rotatable bonds is 7. The predicted octanol–water partition coefficient (Wildman–Crippen LogP) is 12.4. The third-order valence-corrected chi connectivity index (χ3v) is 13.9. The first kappa shape index (κ1) is 34.0. The van der Waals surface area contributed by atoms with Crippen LogP contribution in [-0.4, -0.2) is 32.8 Å². The molecule has 0 unspecified atom stereocenters. The van der Waals surface area contributed by atoms with Crippen LogP contribution in [-0.2, 0) is 26.5 Å². The van der Waals surface area contributed by atoms with Crippen LogP contribution >= 0.6 is 0 Å². The summed E-state index contributed by atoms with van der Waals surface area (Å²) in [5, 5.41) is 2.01. The molecule has 1 radical (unpaired) electrons. The summed E-state index contributed by atoms with van der Waals surface area (Å²) in [6.45, 7) is 3.58. The first-order valence-electron chi connectivity index (χ1n) is 21.4. The Labute approximate surface area is 359 Å². The molecule has 0 atom stereocenters. The van der Waals surface area contributed by atoms with Crippen LogP contribution in [0.5, 0.6) is 0 Å². The van der Waals surface area contributed by atoms with E-state index in [1.807, 2.05) is 75.5 Å². The van der Waals surface area contributed by atoms with Crippen LogP contribution < -0.4 is 4.40 Å². The van der Waals surface area contributed by atoms with Gasteiger partial charge in [-0.2, -0.15) is 0 Å². The third kappa shape index (κ3) is 8.45. The molecule has 9 aromatic rings. The molecule has 0 amide bonds. The van der Waals surface area contributed by atoms with Crippen LogP contribution in [0.2, 0.25) is 17.3 Å². The van der Waals surface area contributed by atoms with E-state index in [-0.39, 0.29) is 31.6 Å². The zero-order valence-electron chi connectivity index (χ0n) is 37.8. The Morgan fingerprint density at radius 2 is 1.61 bits per heavy atom. The minimum atomic E-state index is -2.32. The number of imidazole rings is 1. The van der Waals surface area contributed by atoms with Crippen molar-refractivity contribution in [3.05, 3.63) is 163 Å². The summed E-state index contributed by atoms with van der Waals surface area (Å²) in [5.74, 6) is 7.32. The van der Waals surface area contributed by atoms with E-state index in [9.17, 15) is 0 Å². The maximum atomic E-state index is 8.60. The molecule has 4 aromatic heterocycles. The van der Waals surface area contributed by atoms with Crippen molar-refractivity contribution in [1.29, 1.82) is 0 Å². The van der Waals surface area contributed by atoms with E-state index in [0.717, 1.165) is 60.1 Å². The summed E-state index contributed by atoms with van der Waals surface area (Å²) in [5.41, 5.74) is 10.7. The summed E-state index contributed by atoms with van der Waals surface area (Å²) in [4.78, 5) is 14.2. The van der Waals surface area contributed by atoms with Crippen molar-refractivity contribution in [2.75, 3.05) is 0 Å². The SMILES string of the molecule is Cc1ccc2c(n1)oc1c(-c3nc4ccccc4n3-c3cccc(-c4ccccc4)c3)[c-]ccc12.[2H]C([2H])([2H])c1c[c-]c(-c2cc(C([2H])([2H])C(C)C)[c]([Ge]([CH3])([CH3])[CH3])cn2)cc1.[Ir]. The molecule has 0 aliphatic heterocycles. The van der Waals surface area contributed by atoms with Crippen LogP contribution in [0.15, 0.2) is 138 Å². The molecule has 0 spiro atoms. The van der Waals surface area contributed by atoms with Gasteiger partial charge in [0.2, 0.25) is 5.71 Å². The van der Waals surface area contributed by atoms with Crippen LogP contribution in [0.4, 0.5) is 0 Å². The van der Waals surface area contributed by atoms with Gasteiger partial charge in [0.1, 0.15) is 0 Å². The minimum Gasteiger partial charge on any atom is 0 e. The number of benzene rings is 5. The molecule has 0 aliphatic rings. The molecule has 57 heavy (non-hydrogen) atoms. The Morgan fingerprint density at radius 1 is 0.825 bits per heavy atom. The molecule has 0 N–H and O–H groups in total. The Balaban J connectivity index is 0.000000193. The number of furan rings is 1. The number of para-hydroxylation sites is 2. The normalized spacial score (nSPS) is 13.3. The fraction of sp³-hybridized carbons (Fsp3) is 0.180. The monoisotopic (exact) mass is 990 g/mol. The van der Waals surface area contributed by atoms with Gasteiger partial charge in [-0.05, 0) is 54.4 Å². The number of pyridine rings is 2. The fourth-order valence-electron chi connectivity index (χ4n) is 7.01. The molecule has 7 heteroatoms. The van der Waals surface area contributed by atoms with Crippen molar-refractivity contribution in [3.8, 4) is 39.5 Å². The molecular formula is C50H46GeIrN4O-2. The second kappa shape index (κ2) is 16.8. The van der Waals surface area contributed by atoms with Gasteiger partial charge in [-0.3, -0.25) is 4.98 Å². The first-order valence-corrected chi connectivity index (χ1v) is 26.2. The van der Waals surface area contributed by atoms with Gasteiger partial charge in [0.25, 0.3) is 0 Å². The molecule has 0 saturated carbocycles. The Morgan fingerprint density at radius 3 is 2.37 bits per heavy atom. The van der Waals surface area contributed by atoms with Gasteiger partial charge < -0.3 is 8.98 Å². The molecule has 5 aromatic carbocycles. The maximum Gasteiger partial charge on any atom is 0 e. The van der Waals surface area contributed by atoms with Gasteiger partial charge in [-0.25, -0.2) is 4.98 Å². The van der Waals surface area contributed by atoms with Crippen molar-refractivity contribution in [3.63, 3.8) is 0 Å². The minimum absolute atomic E-state index is 0. The summed E-state index contributed by atoms with van der Waals surface area (Å²) in [7, 11) is 0. The quantitative estimate of drug-likeness (QED) is 0.118. The van der Waals surface area contributed by atoms with Gasteiger partial charge in [-0.1, -0.05) is 65.5 Å². The van der Waals surface area contributed by atoms with Crippen molar-refractivity contribution >= 4 is 50.8 Å². The van der Waals surface area contributed by atoms with Crippen LogP contribution in [0.25, 0.3) is 72.6 Å². The molecule has 287 valence electrons. The first-order chi connectivity index (χ1) is 29.0. The molecule has 0 fully saturated rings. The van der Waals surface area contributed by atoms with Gasteiger partial charge in [0, 0.05) is 36.9 Å². The number of nitrogens with zero attached hydrogens (tertiary/aromatic N) is 4. The summed E-state index contributed by atoms with van der Waals surface area (Å²) in [6, 6.07) is 48.2. The molecular weight excluding hydrogens is 937 g/mol. The van der Waals surface area contributed by atoms with E-state index in [1.54, 1.807) is 12.1 Å². The van der Waals surface area contributed by atoms with E-state index < -0.39 is 26.5 Å². The van der Waals surface area contributed by atoms with Crippen LogP contribution in [0, 0.1) is 31.8 Å². The standard InChI is InChI=1S/C31H20N3O.C19H26GeN.Ir/c1-20-17-18-25-24-13-8-14-26(29(24)35-31(25)32-20)30-33-27-15-5-6-16-28(27)34(30)23-12-7-11-22(19-23)21-9-3-2-4-10-21;1-14(2)11-17-12-19(16-9-7-15(3)8-10-16)21-13-18(17)20(4,5)6;/h2-13,15-19H,1H3;7-9,12-14H,11H2,1-6H3;/q2*-1;/i;3D3,11D2;. The smallest absolute Gasteiger partial charge is 0 e. The molecule has 4 heterocycles. The van der Waals surface area contributed by atoms with Gasteiger partial charge >= 0.3 is 139 Å². The molecule has 9 rings (SSSR count). The fourth-order valence-corrected chi connectivity index (χ4v) is 9.95. The Bertz CT molecular complexity index is 3030. The third-order valence-electron chi connectivity index (χ3n) is 9.68. The van der Waals surface area contributed by atoms with Gasteiger partial charge in [-0.15, -0.1) is 18.2 Å². The van der Waals surface area contributed by atoms with Gasteiger partial charge in [0.15, 0.2) is 0 Å². The van der Waals surface area contributed by atoms with Crippen LogP contribution in [0.3, 0.4) is 0 Å². The second-order valence-electron chi connectivity index (χ2n) is 15.3. The number of hydrogen-bond acceptors (Lipinski definition) is 4. The topological polar surface area (TPSA) is 56.7 Å². The summed E-state index contributed by atoms with van der Waals surface area (Å²) >= 11 is -2.32. The van der Waals surface area contributed by atoms with E-state index in [2.05, 4.69) is 105 Å². The van der Waals surface area contributed by atoms with Crippen molar-refractivity contribution in [2.24, 2.45) is 5.92 Å². The molecule has 5 nitrogen and oxygen atoms in total. The number of fused-ring (bicyclic) bond motifs is 4. The molecule has 0 bridgehead atoms. The van der Waals surface area contributed by atoms with E-state index >= 15 is 0 Å². The molecule has 0 aliphatic carbocycles. The van der Waals surface area contributed by atoms with E-state index in [1.165, 1.54) is 11.6 Å². The summed E-state index contributed by atoms with van der Waals surface area (Å²) < 4.78 is 49.1. The predicted molar refractivity (Wildman–Crippen MR) is 235 cm³/mol. The largest absolute Gasteiger partial charge is 0 e. The maximum absolute atomic E-state index is 8.60. The summed E-state index contributed by atoms with van der Waals surface area (Å²) in [6.07, 6.45) is 0.362. The second-order valence-corrected chi connectivity index (χ2v) is 25.9. The Kier molecular flexibility index (Phi) is 9.98. The Hall–Kier alpha value is -5.14. The average molecular weight is 989 g/mol. The number of aromatic nitrogens is 4. The van der Waals surface area contributed by atoms with E-state index in [0.29, 0.717) is 22.5 Å².